The van der Waals surface area contributed by atoms with Gasteiger partial charge in [0.05, 0.1) is 6.54 Å². The van der Waals surface area contributed by atoms with E-state index in [-0.39, 0.29) is 30.2 Å². The summed E-state index contributed by atoms with van der Waals surface area (Å²) >= 11 is 5.81. The average molecular weight is 354 g/mol. The van der Waals surface area contributed by atoms with Gasteiger partial charge in [-0.25, -0.2) is 0 Å². The molecule has 0 fully saturated rings. The molecular formula is C17H24ClN3O3. The van der Waals surface area contributed by atoms with Crippen LogP contribution in [0.2, 0.25) is 5.02 Å². The Labute approximate surface area is 147 Å². The topological polar surface area (TPSA) is 78.5 Å². The maximum atomic E-state index is 12.3. The quantitative estimate of drug-likeness (QED) is 0.783. The molecule has 0 saturated carbocycles. The van der Waals surface area contributed by atoms with Crippen LogP contribution in [0.4, 0.5) is 0 Å². The molecule has 1 aromatic carbocycles. The fraction of sp³-hybridized carbons (Fsp3) is 0.471. The number of halogens is 1. The summed E-state index contributed by atoms with van der Waals surface area (Å²) in [6.45, 7) is 3.82. The summed E-state index contributed by atoms with van der Waals surface area (Å²) in [5, 5.41) is 5.82. The molecular weight excluding hydrogens is 330 g/mol. The number of rotatable bonds is 7. The van der Waals surface area contributed by atoms with Crippen LogP contribution in [0.1, 0.15) is 30.6 Å². The van der Waals surface area contributed by atoms with Crippen LogP contribution in [-0.2, 0) is 9.59 Å². The first-order chi connectivity index (χ1) is 11.2. The number of amides is 3. The largest absolute Gasteiger partial charge is 0.347 e. The minimum absolute atomic E-state index is 0.1000. The molecule has 0 heterocycles. The number of nitrogens with one attached hydrogen (secondary N) is 2. The molecule has 0 spiro atoms. The van der Waals surface area contributed by atoms with E-state index in [1.165, 1.54) is 4.90 Å². The van der Waals surface area contributed by atoms with Crippen LogP contribution < -0.4 is 10.6 Å². The van der Waals surface area contributed by atoms with Crippen molar-refractivity contribution < 1.29 is 14.4 Å². The van der Waals surface area contributed by atoms with Crippen molar-refractivity contribution in [3.8, 4) is 0 Å². The van der Waals surface area contributed by atoms with E-state index in [0.29, 0.717) is 17.0 Å². The third kappa shape index (κ3) is 6.58. The Morgan fingerprint density at radius 1 is 1.12 bits per heavy atom. The highest BCUT2D eigenvalue weighted by atomic mass is 35.5. The van der Waals surface area contributed by atoms with Gasteiger partial charge in [0.25, 0.3) is 5.91 Å². The third-order valence-electron chi connectivity index (χ3n) is 3.35. The number of hydrogen-bond acceptors (Lipinski definition) is 3. The number of benzene rings is 1. The maximum Gasteiger partial charge on any atom is 0.251 e. The molecule has 0 aliphatic carbocycles. The molecule has 6 nitrogen and oxygen atoms in total. The first kappa shape index (κ1) is 20.0. The summed E-state index contributed by atoms with van der Waals surface area (Å²) in [7, 11) is 3.23. The van der Waals surface area contributed by atoms with Gasteiger partial charge in [-0.3, -0.25) is 14.4 Å². The molecule has 0 saturated heterocycles. The monoisotopic (exact) mass is 353 g/mol. The van der Waals surface area contributed by atoms with Crippen molar-refractivity contribution in [3.05, 3.63) is 34.9 Å². The van der Waals surface area contributed by atoms with Crippen molar-refractivity contribution in [3.63, 3.8) is 0 Å². The van der Waals surface area contributed by atoms with Gasteiger partial charge in [-0.2, -0.15) is 0 Å². The van der Waals surface area contributed by atoms with Crippen molar-refractivity contribution in [2.24, 2.45) is 5.92 Å². The van der Waals surface area contributed by atoms with E-state index in [9.17, 15) is 14.4 Å². The SMILES string of the molecule is CC(C)C[C@H](NC(=O)c1ccc(Cl)cc1)C(=O)NCC(=O)N(C)C. The highest BCUT2D eigenvalue weighted by Crippen LogP contribution is 2.11. The van der Waals surface area contributed by atoms with E-state index >= 15 is 0 Å². The lowest BCUT2D eigenvalue weighted by Crippen LogP contribution is -2.49. The van der Waals surface area contributed by atoms with Crippen molar-refractivity contribution in [1.29, 1.82) is 0 Å². The summed E-state index contributed by atoms with van der Waals surface area (Å²) in [5.41, 5.74) is 0.422. The molecule has 0 aliphatic rings. The molecule has 1 rings (SSSR count). The minimum atomic E-state index is -0.705. The Kier molecular flexibility index (Phi) is 7.71. The van der Waals surface area contributed by atoms with E-state index in [0.717, 1.165) is 0 Å². The van der Waals surface area contributed by atoms with Crippen molar-refractivity contribution in [2.75, 3.05) is 20.6 Å². The van der Waals surface area contributed by atoms with Gasteiger partial charge in [0.2, 0.25) is 11.8 Å². The van der Waals surface area contributed by atoms with Crippen LogP contribution in [0, 0.1) is 5.92 Å². The molecule has 0 radical (unpaired) electrons. The van der Waals surface area contributed by atoms with Crippen molar-refractivity contribution in [1.82, 2.24) is 15.5 Å². The molecule has 24 heavy (non-hydrogen) atoms. The molecule has 0 bridgehead atoms. The maximum absolute atomic E-state index is 12.3. The third-order valence-corrected chi connectivity index (χ3v) is 3.60. The Hall–Kier alpha value is -2.08. The van der Waals surface area contributed by atoms with Crippen LogP contribution in [0.25, 0.3) is 0 Å². The van der Waals surface area contributed by atoms with Gasteiger partial charge in [-0.1, -0.05) is 25.4 Å². The molecule has 0 aromatic heterocycles. The Bertz CT molecular complexity index is 585. The number of hydrogen-bond donors (Lipinski definition) is 2. The van der Waals surface area contributed by atoms with Gasteiger partial charge >= 0.3 is 0 Å². The highest BCUT2D eigenvalue weighted by Gasteiger charge is 2.23. The second-order valence-electron chi connectivity index (χ2n) is 6.17. The van der Waals surface area contributed by atoms with Crippen LogP contribution >= 0.6 is 11.6 Å². The second kappa shape index (κ2) is 9.27. The number of nitrogens with zero attached hydrogens (tertiary/aromatic N) is 1. The van der Waals surface area contributed by atoms with Crippen LogP contribution in [0.3, 0.4) is 0 Å². The minimum Gasteiger partial charge on any atom is -0.347 e. The number of carbonyl (C=O) groups is 3. The molecule has 0 aliphatic heterocycles. The first-order valence-electron chi connectivity index (χ1n) is 7.75. The molecule has 0 unspecified atom stereocenters. The van der Waals surface area contributed by atoms with E-state index in [2.05, 4.69) is 10.6 Å². The fourth-order valence-corrected chi connectivity index (χ4v) is 2.12. The van der Waals surface area contributed by atoms with Crippen LogP contribution in [0.5, 0.6) is 0 Å². The van der Waals surface area contributed by atoms with E-state index in [4.69, 9.17) is 11.6 Å². The smallest absolute Gasteiger partial charge is 0.251 e. The number of carbonyl (C=O) groups excluding carboxylic acids is 3. The molecule has 3 amide bonds. The van der Waals surface area contributed by atoms with Gasteiger partial charge in [0, 0.05) is 24.7 Å². The standard InChI is InChI=1S/C17H24ClN3O3/c1-11(2)9-14(17(24)19-10-15(22)21(3)4)20-16(23)12-5-7-13(18)8-6-12/h5-8,11,14H,9-10H2,1-4H3,(H,19,24)(H,20,23)/t14-/m0/s1. The predicted octanol–water partition coefficient (Wildman–Crippen LogP) is 1.69. The highest BCUT2D eigenvalue weighted by molar-refractivity contribution is 6.30. The molecule has 1 aromatic rings. The van der Waals surface area contributed by atoms with Gasteiger partial charge in [-0.15, -0.1) is 0 Å². The Balaban J connectivity index is 2.73. The molecule has 1 atom stereocenters. The summed E-state index contributed by atoms with van der Waals surface area (Å²) in [6.07, 6.45) is 0.474. The molecule has 7 heteroatoms. The van der Waals surface area contributed by atoms with E-state index < -0.39 is 6.04 Å². The van der Waals surface area contributed by atoms with Crippen LogP contribution in [0.15, 0.2) is 24.3 Å². The lowest BCUT2D eigenvalue weighted by atomic mass is 10.0. The van der Waals surface area contributed by atoms with Gasteiger partial charge < -0.3 is 15.5 Å². The van der Waals surface area contributed by atoms with E-state index in [1.54, 1.807) is 38.4 Å². The van der Waals surface area contributed by atoms with Gasteiger partial charge in [0.15, 0.2) is 0 Å². The fourth-order valence-electron chi connectivity index (χ4n) is 1.99. The van der Waals surface area contributed by atoms with Crippen LogP contribution in [-0.4, -0.2) is 49.3 Å². The Morgan fingerprint density at radius 2 is 1.71 bits per heavy atom. The number of likely N-dealkylation sites (N-methyl/N-ethyl adjacent to an activating group) is 1. The molecule has 132 valence electrons. The second-order valence-corrected chi connectivity index (χ2v) is 6.60. The summed E-state index contributed by atoms with van der Waals surface area (Å²) in [4.78, 5) is 37.6. The predicted molar refractivity (Wildman–Crippen MR) is 93.9 cm³/mol. The zero-order chi connectivity index (χ0) is 18.3. The van der Waals surface area contributed by atoms with Gasteiger partial charge in [-0.05, 0) is 36.6 Å². The average Bonchev–Trinajstić information content (AvgIpc) is 2.51. The Morgan fingerprint density at radius 3 is 2.21 bits per heavy atom. The van der Waals surface area contributed by atoms with E-state index in [1.807, 2.05) is 13.8 Å². The van der Waals surface area contributed by atoms with Crippen molar-refractivity contribution >= 4 is 29.3 Å². The lowest BCUT2D eigenvalue weighted by molar-refractivity contribution is -0.131. The zero-order valence-electron chi connectivity index (χ0n) is 14.4. The zero-order valence-corrected chi connectivity index (χ0v) is 15.2. The summed E-state index contributed by atoms with van der Waals surface area (Å²) in [6, 6.07) is 5.71. The lowest BCUT2D eigenvalue weighted by Gasteiger charge is -2.20. The molecule has 2 N–H and O–H groups in total. The first-order valence-corrected chi connectivity index (χ1v) is 8.12. The summed E-state index contributed by atoms with van der Waals surface area (Å²) < 4.78 is 0. The van der Waals surface area contributed by atoms with Gasteiger partial charge in [0.1, 0.15) is 6.04 Å². The van der Waals surface area contributed by atoms with Crippen molar-refractivity contribution in [2.45, 2.75) is 26.3 Å². The normalized spacial score (nSPS) is 11.8. The summed E-state index contributed by atoms with van der Waals surface area (Å²) in [5.74, 6) is -0.737.